The lowest BCUT2D eigenvalue weighted by Gasteiger charge is -2.06. The Hall–Kier alpha value is -3.30. The molecule has 0 spiro atoms. The molecule has 1 amide bonds. The second-order valence-electron chi connectivity index (χ2n) is 4.76. The summed E-state index contributed by atoms with van der Waals surface area (Å²) in [4.78, 5) is 32.7. The van der Waals surface area contributed by atoms with Crippen LogP contribution in [0.25, 0.3) is 0 Å². The van der Waals surface area contributed by atoms with Crippen molar-refractivity contribution < 1.29 is 14.6 Å². The van der Waals surface area contributed by atoms with Gasteiger partial charge in [-0.25, -0.2) is 0 Å². The molecule has 2 rings (SSSR count). The van der Waals surface area contributed by atoms with E-state index in [2.05, 4.69) is 10.4 Å². The van der Waals surface area contributed by atoms with Gasteiger partial charge in [0.2, 0.25) is 5.91 Å². The van der Waals surface area contributed by atoms with Crippen LogP contribution in [0.5, 0.6) is 0 Å². The summed E-state index contributed by atoms with van der Waals surface area (Å²) in [6.45, 7) is 2.67. The number of hydrogen-bond acceptors (Lipinski definition) is 6. The molecule has 1 heterocycles. The van der Waals surface area contributed by atoms with E-state index in [4.69, 9.17) is 0 Å². The van der Waals surface area contributed by atoms with Gasteiger partial charge in [0.05, 0.1) is 9.85 Å². The van der Waals surface area contributed by atoms with Crippen molar-refractivity contribution >= 4 is 23.0 Å². The third-order valence-corrected chi connectivity index (χ3v) is 3.19. The number of nitro benzene ring substituents is 1. The topological polar surface area (TPSA) is 133 Å². The number of amides is 1. The molecular weight excluding hydrogens is 306 g/mol. The second-order valence-corrected chi connectivity index (χ2v) is 4.76. The van der Waals surface area contributed by atoms with Crippen molar-refractivity contribution in [1.29, 1.82) is 0 Å². The van der Waals surface area contributed by atoms with Gasteiger partial charge < -0.3 is 5.32 Å². The van der Waals surface area contributed by atoms with Crippen LogP contribution in [0.3, 0.4) is 0 Å². The smallest absolute Gasteiger partial charge is 0.312 e. The Kier molecular flexibility index (Phi) is 4.35. The van der Waals surface area contributed by atoms with E-state index < -0.39 is 15.8 Å². The summed E-state index contributed by atoms with van der Waals surface area (Å²) in [5, 5.41) is 28.2. The van der Waals surface area contributed by atoms with Gasteiger partial charge in [-0.15, -0.1) is 0 Å². The molecule has 0 radical (unpaired) electrons. The van der Waals surface area contributed by atoms with Gasteiger partial charge in [-0.05, 0) is 19.9 Å². The van der Waals surface area contributed by atoms with E-state index in [1.165, 1.54) is 36.7 Å². The van der Waals surface area contributed by atoms with Gasteiger partial charge in [0.1, 0.15) is 23.6 Å². The van der Waals surface area contributed by atoms with Crippen LogP contribution in [-0.4, -0.2) is 25.5 Å². The average Bonchev–Trinajstić information content (AvgIpc) is 2.73. The number of hydrogen-bond donors (Lipinski definition) is 1. The highest BCUT2D eigenvalue weighted by Gasteiger charge is 2.23. The molecule has 0 aliphatic rings. The zero-order chi connectivity index (χ0) is 17.1. The number of rotatable bonds is 5. The third-order valence-electron chi connectivity index (χ3n) is 3.19. The molecule has 10 nitrogen and oxygen atoms in total. The second kappa shape index (κ2) is 6.22. The molecule has 0 saturated carbocycles. The van der Waals surface area contributed by atoms with E-state index in [0.29, 0.717) is 0 Å². The molecule has 1 N–H and O–H groups in total. The highest BCUT2D eigenvalue weighted by atomic mass is 16.6. The molecule has 1 aromatic carbocycles. The minimum Gasteiger partial charge on any atom is -0.319 e. The van der Waals surface area contributed by atoms with E-state index in [0.717, 1.165) is 0 Å². The lowest BCUT2D eigenvalue weighted by molar-refractivity contribution is -0.386. The Labute approximate surface area is 130 Å². The van der Waals surface area contributed by atoms with E-state index in [1.807, 2.05) is 0 Å². The normalized spacial score (nSPS) is 10.3. The first-order valence-corrected chi connectivity index (χ1v) is 6.53. The molecule has 0 saturated heterocycles. The van der Waals surface area contributed by atoms with Crippen molar-refractivity contribution in [3.8, 4) is 0 Å². The first-order valence-electron chi connectivity index (χ1n) is 6.53. The van der Waals surface area contributed by atoms with E-state index >= 15 is 0 Å². The monoisotopic (exact) mass is 319 g/mol. The van der Waals surface area contributed by atoms with Gasteiger partial charge in [-0.3, -0.25) is 29.7 Å². The number of nitrogens with one attached hydrogen (secondary N) is 1. The maximum absolute atomic E-state index is 12.0. The lowest BCUT2D eigenvalue weighted by atomic mass is 10.2. The van der Waals surface area contributed by atoms with Crippen LogP contribution >= 0.6 is 0 Å². The quantitative estimate of drug-likeness (QED) is 0.661. The summed E-state index contributed by atoms with van der Waals surface area (Å²) in [6.07, 6.45) is 0. The zero-order valence-corrected chi connectivity index (χ0v) is 12.3. The van der Waals surface area contributed by atoms with Gasteiger partial charge in [0, 0.05) is 6.07 Å². The molecule has 1 aromatic heterocycles. The summed E-state index contributed by atoms with van der Waals surface area (Å²) in [5.74, 6) is -0.570. The van der Waals surface area contributed by atoms with Crippen LogP contribution in [0, 0.1) is 34.1 Å². The highest BCUT2D eigenvalue weighted by molar-refractivity contribution is 5.92. The number of aromatic nitrogens is 2. The first-order chi connectivity index (χ1) is 10.8. The molecule has 23 heavy (non-hydrogen) atoms. The Balaban J connectivity index is 2.20. The third kappa shape index (κ3) is 3.31. The molecule has 2 aromatic rings. The summed E-state index contributed by atoms with van der Waals surface area (Å²) >= 11 is 0. The van der Waals surface area contributed by atoms with Crippen LogP contribution in [0.2, 0.25) is 0 Å². The average molecular weight is 319 g/mol. The summed E-state index contributed by atoms with van der Waals surface area (Å²) < 4.78 is 1.19. The molecule has 0 atom stereocenters. The summed E-state index contributed by atoms with van der Waals surface area (Å²) in [6, 6.07) is 5.71. The van der Waals surface area contributed by atoms with E-state index in [9.17, 15) is 25.0 Å². The van der Waals surface area contributed by atoms with Crippen LogP contribution in [0.1, 0.15) is 11.4 Å². The van der Waals surface area contributed by atoms with E-state index in [-0.39, 0.29) is 35.0 Å². The molecule has 0 unspecified atom stereocenters. The van der Waals surface area contributed by atoms with Gasteiger partial charge in [-0.2, -0.15) is 5.10 Å². The van der Waals surface area contributed by atoms with Crippen LogP contribution in [0.15, 0.2) is 24.3 Å². The zero-order valence-electron chi connectivity index (χ0n) is 12.3. The molecule has 10 heteroatoms. The van der Waals surface area contributed by atoms with Gasteiger partial charge in [0.25, 0.3) is 5.69 Å². The fraction of sp³-hybridized carbons (Fsp3) is 0.231. The molecule has 0 bridgehead atoms. The van der Waals surface area contributed by atoms with Crippen molar-refractivity contribution in [2.24, 2.45) is 0 Å². The predicted octanol–water partition coefficient (Wildman–Crippen LogP) is 1.96. The van der Waals surface area contributed by atoms with Gasteiger partial charge >= 0.3 is 5.69 Å². The molecular formula is C13H13N5O5. The fourth-order valence-corrected chi connectivity index (χ4v) is 2.17. The van der Waals surface area contributed by atoms with Crippen LogP contribution < -0.4 is 5.32 Å². The fourth-order valence-electron chi connectivity index (χ4n) is 2.17. The Morgan fingerprint density at radius 3 is 2.43 bits per heavy atom. The summed E-state index contributed by atoms with van der Waals surface area (Å²) in [7, 11) is 0. The number of anilines is 1. The molecule has 0 fully saturated rings. The largest absolute Gasteiger partial charge is 0.319 e. The van der Waals surface area contributed by atoms with Crippen molar-refractivity contribution in [2.45, 2.75) is 20.4 Å². The SMILES string of the molecule is Cc1nn(CC(=O)Nc2ccccc2[N+](=O)[O-])c(C)c1[N+](=O)[O-]. The molecule has 0 aliphatic carbocycles. The van der Waals surface area contributed by atoms with Gasteiger partial charge in [-0.1, -0.05) is 12.1 Å². The van der Waals surface area contributed by atoms with Gasteiger partial charge in [0.15, 0.2) is 0 Å². The number of nitro groups is 2. The minimum absolute atomic E-state index is 0.0542. The maximum Gasteiger partial charge on any atom is 0.312 e. The highest BCUT2D eigenvalue weighted by Crippen LogP contribution is 2.24. The van der Waals surface area contributed by atoms with Crippen molar-refractivity contribution in [3.63, 3.8) is 0 Å². The van der Waals surface area contributed by atoms with Crippen LogP contribution in [-0.2, 0) is 11.3 Å². The molecule has 120 valence electrons. The first kappa shape index (κ1) is 16.1. The maximum atomic E-state index is 12.0. The summed E-state index contributed by atoms with van der Waals surface area (Å²) in [5.41, 5.74) is 0.110. The van der Waals surface area contributed by atoms with Crippen molar-refractivity contribution in [1.82, 2.24) is 9.78 Å². The number of aryl methyl sites for hydroxylation is 1. The Bertz CT molecular complexity index is 798. The van der Waals surface area contributed by atoms with Crippen LogP contribution in [0.4, 0.5) is 17.1 Å². The number of benzene rings is 1. The predicted molar refractivity (Wildman–Crippen MR) is 80.1 cm³/mol. The molecule has 0 aliphatic heterocycles. The number of nitrogens with zero attached hydrogens (tertiary/aromatic N) is 4. The number of para-hydroxylation sites is 2. The number of carbonyl (C=O) groups excluding carboxylic acids is 1. The van der Waals surface area contributed by atoms with E-state index in [1.54, 1.807) is 6.07 Å². The Morgan fingerprint density at radius 2 is 1.87 bits per heavy atom. The Morgan fingerprint density at radius 1 is 1.22 bits per heavy atom. The lowest BCUT2D eigenvalue weighted by Crippen LogP contribution is -2.20. The number of carbonyl (C=O) groups is 1. The van der Waals surface area contributed by atoms with Crippen molar-refractivity contribution in [3.05, 3.63) is 55.9 Å². The standard InChI is InChI=1S/C13H13N5O5/c1-8-13(18(22)23)9(2)16(15-8)7-12(19)14-10-5-3-4-6-11(10)17(20)21/h3-6H,7H2,1-2H3,(H,14,19). The minimum atomic E-state index is -0.607. The van der Waals surface area contributed by atoms with Crippen molar-refractivity contribution in [2.75, 3.05) is 5.32 Å².